The van der Waals surface area contributed by atoms with E-state index in [1.54, 1.807) is 24.3 Å². The summed E-state index contributed by atoms with van der Waals surface area (Å²) < 4.78 is 41.9. The Morgan fingerprint density at radius 2 is 1.64 bits per heavy atom. The molecule has 0 saturated carbocycles. The monoisotopic (exact) mass is 471 g/mol. The van der Waals surface area contributed by atoms with Crippen LogP contribution in [0.5, 0.6) is 17.2 Å². The summed E-state index contributed by atoms with van der Waals surface area (Å²) in [6, 6.07) is 16.0. The number of carbonyl (C=O) groups excluding carboxylic acids is 1. The van der Waals surface area contributed by atoms with E-state index in [0.717, 1.165) is 21.3 Å². The quantitative estimate of drug-likeness (QED) is 0.380. The van der Waals surface area contributed by atoms with Gasteiger partial charge in [-0.05, 0) is 23.6 Å². The van der Waals surface area contributed by atoms with Crippen molar-refractivity contribution in [2.24, 2.45) is 5.10 Å². The van der Waals surface area contributed by atoms with Gasteiger partial charge in [0.05, 0.1) is 39.5 Å². The average molecular weight is 472 g/mol. The smallest absolute Gasteiger partial charge is 0.260 e. The molecule has 0 unspecified atom stereocenters. The first-order valence-corrected chi connectivity index (χ1v) is 11.7. The molecule has 9 nitrogen and oxygen atoms in total. The first-order valence-electron chi connectivity index (χ1n) is 9.86. The van der Waals surface area contributed by atoms with E-state index in [1.807, 2.05) is 30.3 Å². The van der Waals surface area contributed by atoms with Crippen LogP contribution < -0.4 is 23.9 Å². The minimum absolute atomic E-state index is 0.416. The molecule has 0 heterocycles. The zero-order valence-electron chi connectivity index (χ0n) is 18.7. The number of rotatable bonds is 9. The summed E-state index contributed by atoms with van der Waals surface area (Å²) in [5.74, 6) is 0.699. The summed E-state index contributed by atoms with van der Waals surface area (Å²) in [5, 5.41) is 5.53. The van der Waals surface area contributed by atoms with Gasteiger partial charge in [0, 0.05) is 10.9 Å². The Labute approximate surface area is 192 Å². The average Bonchev–Trinajstić information content (AvgIpc) is 2.80. The topological polar surface area (TPSA) is 107 Å². The molecule has 33 heavy (non-hydrogen) atoms. The third-order valence-corrected chi connectivity index (χ3v) is 5.94. The lowest BCUT2D eigenvalue weighted by molar-refractivity contribution is -0.119. The van der Waals surface area contributed by atoms with Gasteiger partial charge in [-0.15, -0.1) is 0 Å². The molecule has 0 saturated heterocycles. The molecule has 10 heteroatoms. The lowest BCUT2D eigenvalue weighted by Crippen LogP contribution is -2.39. The molecule has 3 aromatic carbocycles. The number of anilines is 1. The van der Waals surface area contributed by atoms with Crippen LogP contribution in [0.4, 0.5) is 5.69 Å². The number of hydrazone groups is 1. The van der Waals surface area contributed by atoms with Crippen molar-refractivity contribution in [3.05, 3.63) is 60.2 Å². The van der Waals surface area contributed by atoms with Crippen LogP contribution in [-0.2, 0) is 14.8 Å². The van der Waals surface area contributed by atoms with E-state index in [1.165, 1.54) is 27.5 Å². The van der Waals surface area contributed by atoms with Crippen molar-refractivity contribution in [1.82, 2.24) is 5.43 Å². The summed E-state index contributed by atoms with van der Waals surface area (Å²) in [6.45, 7) is -0.431. The molecule has 0 aliphatic carbocycles. The molecule has 174 valence electrons. The minimum atomic E-state index is -3.73. The van der Waals surface area contributed by atoms with Crippen molar-refractivity contribution in [2.75, 3.05) is 38.4 Å². The Bertz CT molecular complexity index is 1260. The molecule has 1 amide bonds. The highest BCUT2D eigenvalue weighted by Gasteiger charge is 2.22. The fraction of sp³-hybridized carbons (Fsp3) is 0.217. The van der Waals surface area contributed by atoms with Gasteiger partial charge in [0.25, 0.3) is 5.91 Å². The number of fused-ring (bicyclic) bond motifs is 1. The van der Waals surface area contributed by atoms with Crippen LogP contribution in [0.25, 0.3) is 10.8 Å². The predicted octanol–water partition coefficient (Wildman–Crippen LogP) is 2.78. The lowest BCUT2D eigenvalue weighted by Gasteiger charge is -2.23. The molecule has 0 spiro atoms. The SMILES string of the molecule is COc1cc(/C=N\NC(=O)CN(c2cccc3ccccc23)S(C)(=O)=O)cc(OC)c1OC. The summed E-state index contributed by atoms with van der Waals surface area (Å²) in [5.41, 5.74) is 3.36. The molecule has 0 aliphatic heterocycles. The van der Waals surface area contributed by atoms with Crippen LogP contribution in [0.2, 0.25) is 0 Å². The molecule has 0 radical (unpaired) electrons. The van der Waals surface area contributed by atoms with E-state index >= 15 is 0 Å². The zero-order chi connectivity index (χ0) is 24.0. The Morgan fingerprint density at radius 1 is 1.00 bits per heavy atom. The van der Waals surface area contributed by atoms with Crippen LogP contribution in [0, 0.1) is 0 Å². The van der Waals surface area contributed by atoms with E-state index < -0.39 is 22.5 Å². The first-order chi connectivity index (χ1) is 15.8. The summed E-state index contributed by atoms with van der Waals surface area (Å²) in [7, 11) is 0.750. The van der Waals surface area contributed by atoms with Crippen molar-refractivity contribution in [3.63, 3.8) is 0 Å². The summed E-state index contributed by atoms with van der Waals surface area (Å²) >= 11 is 0. The predicted molar refractivity (Wildman–Crippen MR) is 128 cm³/mol. The van der Waals surface area contributed by atoms with Gasteiger partial charge in [0.15, 0.2) is 11.5 Å². The number of carbonyl (C=O) groups is 1. The molecular formula is C23H25N3O6S. The van der Waals surface area contributed by atoms with E-state index in [-0.39, 0.29) is 0 Å². The second-order valence-corrected chi connectivity index (χ2v) is 8.93. The second-order valence-electron chi connectivity index (χ2n) is 7.02. The second kappa shape index (κ2) is 10.2. The standard InChI is InChI=1S/C23H25N3O6S/c1-30-20-12-16(13-21(31-2)23(20)32-3)14-24-25-22(27)15-26(33(4,28)29)19-11-7-9-17-8-5-6-10-18(17)19/h5-14H,15H2,1-4H3,(H,25,27)/b24-14-. The Hall–Kier alpha value is -3.79. The number of benzene rings is 3. The maximum absolute atomic E-state index is 12.5. The van der Waals surface area contributed by atoms with Gasteiger partial charge in [-0.25, -0.2) is 13.8 Å². The van der Waals surface area contributed by atoms with E-state index in [9.17, 15) is 13.2 Å². The fourth-order valence-electron chi connectivity index (χ4n) is 3.33. The van der Waals surface area contributed by atoms with Gasteiger partial charge in [-0.2, -0.15) is 5.10 Å². The third-order valence-electron chi connectivity index (χ3n) is 4.81. The number of ether oxygens (including phenoxy) is 3. The normalized spacial score (nSPS) is 11.4. The molecule has 3 aromatic rings. The van der Waals surface area contributed by atoms with Gasteiger partial charge in [0.2, 0.25) is 15.8 Å². The summed E-state index contributed by atoms with van der Waals surface area (Å²) in [4.78, 5) is 12.5. The van der Waals surface area contributed by atoms with Gasteiger partial charge in [0.1, 0.15) is 6.54 Å². The van der Waals surface area contributed by atoms with Gasteiger partial charge in [-0.3, -0.25) is 9.10 Å². The number of amides is 1. The van der Waals surface area contributed by atoms with Gasteiger partial charge < -0.3 is 14.2 Å². The highest BCUT2D eigenvalue weighted by Crippen LogP contribution is 2.37. The van der Waals surface area contributed by atoms with Crippen LogP contribution in [-0.4, -0.2) is 54.7 Å². The molecule has 0 atom stereocenters. The highest BCUT2D eigenvalue weighted by molar-refractivity contribution is 7.92. The maximum atomic E-state index is 12.5. The minimum Gasteiger partial charge on any atom is -0.493 e. The van der Waals surface area contributed by atoms with Crippen LogP contribution in [0.3, 0.4) is 0 Å². The van der Waals surface area contributed by atoms with Gasteiger partial charge in [-0.1, -0.05) is 36.4 Å². The van der Waals surface area contributed by atoms with E-state index in [2.05, 4.69) is 10.5 Å². The molecule has 3 rings (SSSR count). The van der Waals surface area contributed by atoms with Crippen molar-refractivity contribution in [1.29, 1.82) is 0 Å². The van der Waals surface area contributed by atoms with E-state index in [0.29, 0.717) is 28.5 Å². The largest absolute Gasteiger partial charge is 0.493 e. The van der Waals surface area contributed by atoms with Crippen LogP contribution in [0.1, 0.15) is 5.56 Å². The van der Waals surface area contributed by atoms with Crippen molar-refractivity contribution < 1.29 is 27.4 Å². The van der Waals surface area contributed by atoms with E-state index in [4.69, 9.17) is 14.2 Å². The summed E-state index contributed by atoms with van der Waals surface area (Å²) in [6.07, 6.45) is 2.45. The zero-order valence-corrected chi connectivity index (χ0v) is 19.5. The number of nitrogens with zero attached hydrogens (tertiary/aromatic N) is 2. The first kappa shape index (κ1) is 23.9. The number of hydrogen-bond acceptors (Lipinski definition) is 7. The molecule has 1 N–H and O–H groups in total. The number of nitrogens with one attached hydrogen (secondary N) is 1. The molecule has 0 aromatic heterocycles. The fourth-order valence-corrected chi connectivity index (χ4v) is 4.20. The molecule has 0 fully saturated rings. The third kappa shape index (κ3) is 5.53. The van der Waals surface area contributed by atoms with Gasteiger partial charge >= 0.3 is 0 Å². The molecule has 0 aliphatic rings. The highest BCUT2D eigenvalue weighted by atomic mass is 32.2. The Balaban J connectivity index is 1.80. The number of hydrogen-bond donors (Lipinski definition) is 1. The number of sulfonamides is 1. The Kier molecular flexibility index (Phi) is 7.39. The van der Waals surface area contributed by atoms with Crippen LogP contribution >= 0.6 is 0 Å². The Morgan fingerprint density at radius 3 is 2.24 bits per heavy atom. The van der Waals surface area contributed by atoms with Crippen molar-refractivity contribution >= 4 is 38.6 Å². The molecule has 0 bridgehead atoms. The number of methoxy groups -OCH3 is 3. The molecular weight excluding hydrogens is 446 g/mol. The lowest BCUT2D eigenvalue weighted by atomic mass is 10.1. The van der Waals surface area contributed by atoms with Crippen molar-refractivity contribution in [3.8, 4) is 17.2 Å². The maximum Gasteiger partial charge on any atom is 0.260 e. The van der Waals surface area contributed by atoms with Crippen LogP contribution in [0.15, 0.2) is 59.7 Å². The van der Waals surface area contributed by atoms with Crippen molar-refractivity contribution in [2.45, 2.75) is 0 Å².